The highest BCUT2D eigenvalue weighted by molar-refractivity contribution is 5.97. The lowest BCUT2D eigenvalue weighted by Gasteiger charge is -2.33. The van der Waals surface area contributed by atoms with Crippen molar-refractivity contribution in [2.75, 3.05) is 33.0 Å². The van der Waals surface area contributed by atoms with Crippen molar-refractivity contribution in [2.45, 2.75) is 6.10 Å². The molecule has 3 rings (SSSR count). The second-order valence-corrected chi connectivity index (χ2v) is 4.49. The molecule has 1 aromatic carbocycles. The summed E-state index contributed by atoms with van der Waals surface area (Å²) in [5.74, 6) is 0.687. The van der Waals surface area contributed by atoms with Crippen molar-refractivity contribution in [3.63, 3.8) is 0 Å². The van der Waals surface area contributed by atoms with Gasteiger partial charge in [0.25, 0.3) is 5.91 Å². The Hall–Kier alpha value is -1.59. The van der Waals surface area contributed by atoms with Gasteiger partial charge in [-0.1, -0.05) is 12.1 Å². The van der Waals surface area contributed by atoms with E-state index in [-0.39, 0.29) is 12.0 Å². The van der Waals surface area contributed by atoms with Crippen LogP contribution >= 0.6 is 0 Å². The maximum atomic E-state index is 12.3. The van der Waals surface area contributed by atoms with Crippen LogP contribution in [0.4, 0.5) is 0 Å². The number of hydrogen-bond donors (Lipinski definition) is 1. The van der Waals surface area contributed by atoms with Crippen LogP contribution in [0.25, 0.3) is 0 Å². The molecule has 2 heterocycles. The summed E-state index contributed by atoms with van der Waals surface area (Å²) in [5.41, 5.74) is 0.632. The van der Waals surface area contributed by atoms with Gasteiger partial charge in [0.15, 0.2) is 6.73 Å². The first-order valence-electron chi connectivity index (χ1n) is 6.18. The van der Waals surface area contributed by atoms with E-state index in [4.69, 9.17) is 9.47 Å². The van der Waals surface area contributed by atoms with Crippen molar-refractivity contribution in [1.82, 2.24) is 10.2 Å². The van der Waals surface area contributed by atoms with Crippen LogP contribution in [0.1, 0.15) is 10.4 Å². The van der Waals surface area contributed by atoms with Gasteiger partial charge in [-0.05, 0) is 12.1 Å². The Labute approximate surface area is 106 Å². The number of benzene rings is 1. The molecule has 1 N–H and O–H groups in total. The summed E-state index contributed by atoms with van der Waals surface area (Å²) in [4.78, 5) is 14.0. The fraction of sp³-hybridized carbons (Fsp3) is 0.462. The maximum Gasteiger partial charge on any atom is 0.260 e. The number of carbonyl (C=O) groups excluding carboxylic acids is 1. The number of para-hydroxylation sites is 1. The third-order valence-electron chi connectivity index (χ3n) is 3.21. The van der Waals surface area contributed by atoms with E-state index in [9.17, 15) is 4.79 Å². The highest BCUT2D eigenvalue weighted by atomic mass is 16.5. The molecule has 0 saturated carbocycles. The monoisotopic (exact) mass is 248 g/mol. The van der Waals surface area contributed by atoms with Gasteiger partial charge in [0.05, 0.1) is 24.8 Å². The standard InChI is InChI=1S/C13H16N2O3/c16-13-11-3-1-2-4-12(11)18-9-15(13)8-10-7-14-5-6-17-10/h1-4,10,14H,5-9H2. The van der Waals surface area contributed by atoms with Crippen molar-refractivity contribution in [3.05, 3.63) is 29.8 Å². The molecule has 1 aromatic rings. The molecule has 0 bridgehead atoms. The Morgan fingerprint density at radius 3 is 3.11 bits per heavy atom. The first kappa shape index (κ1) is 11.5. The molecule has 96 valence electrons. The minimum absolute atomic E-state index is 0.0195. The molecule has 18 heavy (non-hydrogen) atoms. The van der Waals surface area contributed by atoms with Gasteiger partial charge in [-0.2, -0.15) is 0 Å². The summed E-state index contributed by atoms with van der Waals surface area (Å²) < 4.78 is 11.2. The number of fused-ring (bicyclic) bond motifs is 1. The normalized spacial score (nSPS) is 23.4. The summed E-state index contributed by atoms with van der Waals surface area (Å²) in [6, 6.07) is 7.34. The van der Waals surface area contributed by atoms with Crippen LogP contribution < -0.4 is 10.1 Å². The molecule has 5 heteroatoms. The minimum Gasteiger partial charge on any atom is -0.472 e. The number of hydrogen-bond acceptors (Lipinski definition) is 4. The lowest BCUT2D eigenvalue weighted by atomic mass is 10.1. The summed E-state index contributed by atoms with van der Waals surface area (Å²) in [5, 5.41) is 3.25. The second kappa shape index (κ2) is 4.96. The molecule has 5 nitrogen and oxygen atoms in total. The molecule has 0 radical (unpaired) electrons. The fourth-order valence-electron chi connectivity index (χ4n) is 2.26. The molecule has 0 aromatic heterocycles. The fourth-order valence-corrected chi connectivity index (χ4v) is 2.26. The third kappa shape index (κ3) is 2.19. The minimum atomic E-state index is 0.0195. The molecular formula is C13H16N2O3. The molecule has 0 spiro atoms. The van der Waals surface area contributed by atoms with Crippen molar-refractivity contribution >= 4 is 5.91 Å². The Kier molecular flexibility index (Phi) is 3.17. The van der Waals surface area contributed by atoms with Gasteiger partial charge in [-0.15, -0.1) is 0 Å². The summed E-state index contributed by atoms with van der Waals surface area (Å²) in [6.07, 6.45) is 0.0524. The highest BCUT2D eigenvalue weighted by Crippen LogP contribution is 2.24. The molecular weight excluding hydrogens is 232 g/mol. The van der Waals surface area contributed by atoms with Crippen LogP contribution in [-0.4, -0.2) is 49.9 Å². The molecule has 1 amide bonds. The van der Waals surface area contributed by atoms with Crippen molar-refractivity contribution in [2.24, 2.45) is 0 Å². The second-order valence-electron chi connectivity index (χ2n) is 4.49. The summed E-state index contributed by atoms with van der Waals surface area (Å²) in [6.45, 7) is 3.23. The average Bonchev–Trinajstić information content (AvgIpc) is 2.43. The van der Waals surface area contributed by atoms with Gasteiger partial charge in [0.2, 0.25) is 0 Å². The number of morpholine rings is 1. The Morgan fingerprint density at radius 2 is 2.28 bits per heavy atom. The van der Waals surface area contributed by atoms with Crippen LogP contribution in [0, 0.1) is 0 Å². The van der Waals surface area contributed by atoms with Gasteiger partial charge in [-0.25, -0.2) is 0 Å². The van der Waals surface area contributed by atoms with Crippen LogP contribution in [0.15, 0.2) is 24.3 Å². The molecule has 1 saturated heterocycles. The number of nitrogens with one attached hydrogen (secondary N) is 1. The zero-order valence-corrected chi connectivity index (χ0v) is 10.1. The van der Waals surface area contributed by atoms with Crippen molar-refractivity contribution in [1.29, 1.82) is 0 Å². The zero-order chi connectivity index (χ0) is 12.4. The smallest absolute Gasteiger partial charge is 0.260 e. The van der Waals surface area contributed by atoms with Gasteiger partial charge < -0.3 is 19.7 Å². The van der Waals surface area contributed by atoms with E-state index in [0.29, 0.717) is 31.2 Å². The average molecular weight is 248 g/mol. The molecule has 2 aliphatic heterocycles. The third-order valence-corrected chi connectivity index (χ3v) is 3.21. The number of ether oxygens (including phenoxy) is 2. The van der Waals surface area contributed by atoms with Gasteiger partial charge in [0.1, 0.15) is 5.75 Å². The molecule has 2 aliphatic rings. The number of rotatable bonds is 2. The first-order chi connectivity index (χ1) is 8.84. The van der Waals surface area contributed by atoms with Crippen molar-refractivity contribution in [3.8, 4) is 5.75 Å². The van der Waals surface area contributed by atoms with Crippen LogP contribution in [0.2, 0.25) is 0 Å². The van der Waals surface area contributed by atoms with E-state index in [1.807, 2.05) is 18.2 Å². The predicted molar refractivity (Wildman–Crippen MR) is 65.6 cm³/mol. The zero-order valence-electron chi connectivity index (χ0n) is 10.1. The highest BCUT2D eigenvalue weighted by Gasteiger charge is 2.28. The SMILES string of the molecule is O=C1c2ccccc2OCN1CC1CNCCO1. The largest absolute Gasteiger partial charge is 0.472 e. The molecule has 0 aliphatic carbocycles. The summed E-state index contributed by atoms with van der Waals surface area (Å²) >= 11 is 0. The topological polar surface area (TPSA) is 50.8 Å². The summed E-state index contributed by atoms with van der Waals surface area (Å²) in [7, 11) is 0. The van der Waals surface area contributed by atoms with Crippen LogP contribution in [0.3, 0.4) is 0 Å². The van der Waals surface area contributed by atoms with E-state index in [0.717, 1.165) is 13.1 Å². The maximum absolute atomic E-state index is 12.3. The lowest BCUT2D eigenvalue weighted by Crippen LogP contribution is -2.49. The van der Waals surface area contributed by atoms with E-state index in [1.54, 1.807) is 11.0 Å². The number of nitrogens with zero attached hydrogens (tertiary/aromatic N) is 1. The van der Waals surface area contributed by atoms with E-state index < -0.39 is 0 Å². The Balaban J connectivity index is 1.70. The van der Waals surface area contributed by atoms with Gasteiger partial charge in [0, 0.05) is 13.1 Å². The van der Waals surface area contributed by atoms with Crippen LogP contribution in [-0.2, 0) is 4.74 Å². The van der Waals surface area contributed by atoms with E-state index in [1.165, 1.54) is 0 Å². The predicted octanol–water partition coefficient (Wildman–Crippen LogP) is 0.467. The van der Waals surface area contributed by atoms with Gasteiger partial charge in [-0.3, -0.25) is 4.79 Å². The number of carbonyl (C=O) groups is 1. The number of amides is 1. The van der Waals surface area contributed by atoms with Crippen molar-refractivity contribution < 1.29 is 14.3 Å². The van der Waals surface area contributed by atoms with Gasteiger partial charge >= 0.3 is 0 Å². The van der Waals surface area contributed by atoms with E-state index >= 15 is 0 Å². The molecule has 1 unspecified atom stereocenters. The lowest BCUT2D eigenvalue weighted by molar-refractivity contribution is -0.00892. The Morgan fingerprint density at radius 1 is 1.39 bits per heavy atom. The quantitative estimate of drug-likeness (QED) is 0.826. The Bertz CT molecular complexity index is 444. The first-order valence-corrected chi connectivity index (χ1v) is 6.18. The molecule has 1 atom stereocenters. The van der Waals surface area contributed by atoms with Crippen LogP contribution in [0.5, 0.6) is 5.75 Å². The van der Waals surface area contributed by atoms with E-state index in [2.05, 4.69) is 5.32 Å². The molecule has 1 fully saturated rings.